The highest BCUT2D eigenvalue weighted by Crippen LogP contribution is 2.21. The summed E-state index contributed by atoms with van der Waals surface area (Å²) in [5, 5.41) is 3.81. The van der Waals surface area contributed by atoms with E-state index in [0.29, 0.717) is 17.1 Å². The van der Waals surface area contributed by atoms with Crippen LogP contribution in [0.2, 0.25) is 0 Å². The minimum absolute atomic E-state index is 0.0668. The fourth-order valence-corrected chi connectivity index (χ4v) is 1.77. The number of rotatable bonds is 5. The molecule has 0 aliphatic heterocycles. The van der Waals surface area contributed by atoms with Gasteiger partial charge in [0.1, 0.15) is 17.3 Å². The predicted octanol–water partition coefficient (Wildman–Crippen LogP) is 2.61. The van der Waals surface area contributed by atoms with E-state index in [-0.39, 0.29) is 5.56 Å². The Morgan fingerprint density at radius 3 is 2.36 bits per heavy atom. The Morgan fingerprint density at radius 1 is 1.14 bits per heavy atom. The van der Waals surface area contributed by atoms with Crippen LogP contribution >= 0.6 is 0 Å². The molecular weight excluding hydrogens is 287 g/mol. The van der Waals surface area contributed by atoms with Crippen LogP contribution in [0, 0.1) is 5.82 Å². The molecule has 0 atom stereocenters. The van der Waals surface area contributed by atoms with E-state index in [2.05, 4.69) is 10.5 Å². The largest absolute Gasteiger partial charge is 0.497 e. The lowest BCUT2D eigenvalue weighted by Crippen LogP contribution is -2.18. The predicted molar refractivity (Wildman–Crippen MR) is 81.0 cm³/mol. The zero-order valence-electron chi connectivity index (χ0n) is 12.2. The molecule has 5 nitrogen and oxygen atoms in total. The van der Waals surface area contributed by atoms with Crippen LogP contribution in [0.15, 0.2) is 47.6 Å². The zero-order chi connectivity index (χ0) is 15.9. The van der Waals surface area contributed by atoms with Crippen LogP contribution in [0.25, 0.3) is 0 Å². The van der Waals surface area contributed by atoms with Crippen molar-refractivity contribution < 1.29 is 18.7 Å². The number of nitrogens with one attached hydrogen (secondary N) is 1. The number of ether oxygens (including phenoxy) is 2. The van der Waals surface area contributed by atoms with Crippen molar-refractivity contribution in [3.8, 4) is 11.5 Å². The molecule has 0 spiro atoms. The fourth-order valence-electron chi connectivity index (χ4n) is 1.77. The van der Waals surface area contributed by atoms with Crippen LogP contribution in [0.4, 0.5) is 4.39 Å². The lowest BCUT2D eigenvalue weighted by molar-refractivity contribution is 0.0951. The number of carbonyl (C=O) groups is 1. The minimum atomic E-state index is -0.621. The molecular formula is C16H15FN2O3. The molecule has 0 radical (unpaired) electrons. The third-order valence-corrected chi connectivity index (χ3v) is 2.87. The SMILES string of the molecule is COc1cc(/C=N\NC(=O)c2ccccc2F)cc(OC)c1. The molecule has 0 unspecified atom stereocenters. The van der Waals surface area contributed by atoms with Crippen LogP contribution < -0.4 is 14.9 Å². The van der Waals surface area contributed by atoms with E-state index < -0.39 is 11.7 Å². The van der Waals surface area contributed by atoms with Crippen molar-refractivity contribution in [1.82, 2.24) is 5.43 Å². The smallest absolute Gasteiger partial charge is 0.274 e. The molecule has 1 amide bonds. The van der Waals surface area contributed by atoms with Crippen molar-refractivity contribution in [2.24, 2.45) is 5.10 Å². The quantitative estimate of drug-likeness (QED) is 0.682. The van der Waals surface area contributed by atoms with Gasteiger partial charge < -0.3 is 9.47 Å². The summed E-state index contributed by atoms with van der Waals surface area (Å²) < 4.78 is 23.7. The molecule has 1 N–H and O–H groups in total. The fraction of sp³-hybridized carbons (Fsp3) is 0.125. The van der Waals surface area contributed by atoms with Gasteiger partial charge in [-0.25, -0.2) is 9.82 Å². The van der Waals surface area contributed by atoms with E-state index in [1.165, 1.54) is 38.6 Å². The topological polar surface area (TPSA) is 59.9 Å². The second kappa shape index (κ2) is 7.21. The Labute approximate surface area is 127 Å². The lowest BCUT2D eigenvalue weighted by Gasteiger charge is -2.05. The van der Waals surface area contributed by atoms with Gasteiger partial charge in [-0.05, 0) is 24.3 Å². The van der Waals surface area contributed by atoms with Crippen molar-refractivity contribution in [3.63, 3.8) is 0 Å². The van der Waals surface area contributed by atoms with Crippen molar-refractivity contribution in [2.75, 3.05) is 14.2 Å². The van der Waals surface area contributed by atoms with Crippen LogP contribution in [0.1, 0.15) is 15.9 Å². The molecule has 0 fully saturated rings. The van der Waals surface area contributed by atoms with Gasteiger partial charge in [-0.15, -0.1) is 0 Å². The van der Waals surface area contributed by atoms with Crippen LogP contribution in [0.5, 0.6) is 11.5 Å². The Morgan fingerprint density at radius 2 is 1.77 bits per heavy atom. The lowest BCUT2D eigenvalue weighted by atomic mass is 10.2. The molecule has 22 heavy (non-hydrogen) atoms. The molecule has 2 aromatic rings. The summed E-state index contributed by atoms with van der Waals surface area (Å²) in [6, 6.07) is 10.9. The molecule has 2 aromatic carbocycles. The van der Waals surface area contributed by atoms with Crippen molar-refractivity contribution in [2.45, 2.75) is 0 Å². The average Bonchev–Trinajstić information content (AvgIpc) is 2.54. The normalized spacial score (nSPS) is 10.5. The summed E-state index contributed by atoms with van der Waals surface area (Å²) in [6.07, 6.45) is 1.42. The zero-order valence-corrected chi connectivity index (χ0v) is 12.2. The first-order valence-electron chi connectivity index (χ1n) is 6.45. The number of hydrogen-bond donors (Lipinski definition) is 1. The van der Waals surface area contributed by atoms with Gasteiger partial charge in [-0.1, -0.05) is 12.1 Å². The van der Waals surface area contributed by atoms with E-state index in [0.717, 1.165) is 0 Å². The van der Waals surface area contributed by atoms with E-state index in [1.54, 1.807) is 24.3 Å². The Bertz CT molecular complexity index is 679. The maximum atomic E-state index is 13.4. The summed E-state index contributed by atoms with van der Waals surface area (Å²) in [5.41, 5.74) is 2.88. The Kier molecular flexibility index (Phi) is 5.08. The first-order valence-corrected chi connectivity index (χ1v) is 6.45. The highest BCUT2D eigenvalue weighted by atomic mass is 19.1. The Balaban J connectivity index is 2.09. The minimum Gasteiger partial charge on any atom is -0.497 e. The number of nitrogens with zero attached hydrogens (tertiary/aromatic N) is 1. The molecule has 0 saturated carbocycles. The van der Waals surface area contributed by atoms with Crippen molar-refractivity contribution in [1.29, 1.82) is 0 Å². The van der Waals surface area contributed by atoms with Crippen LogP contribution in [-0.4, -0.2) is 26.3 Å². The number of benzene rings is 2. The molecule has 0 saturated heterocycles. The van der Waals surface area contributed by atoms with Gasteiger partial charge >= 0.3 is 0 Å². The summed E-state index contributed by atoms with van der Waals surface area (Å²) in [6.45, 7) is 0. The molecule has 0 aliphatic rings. The highest BCUT2D eigenvalue weighted by Gasteiger charge is 2.09. The molecule has 0 heterocycles. The number of hydrazone groups is 1. The van der Waals surface area contributed by atoms with Gasteiger partial charge in [0.05, 0.1) is 26.0 Å². The summed E-state index contributed by atoms with van der Waals surface area (Å²) in [4.78, 5) is 11.8. The van der Waals surface area contributed by atoms with Crippen molar-refractivity contribution >= 4 is 12.1 Å². The summed E-state index contributed by atoms with van der Waals surface area (Å²) in [7, 11) is 3.07. The second-order valence-electron chi connectivity index (χ2n) is 4.32. The average molecular weight is 302 g/mol. The first-order chi connectivity index (χ1) is 10.6. The second-order valence-corrected chi connectivity index (χ2v) is 4.32. The number of methoxy groups -OCH3 is 2. The molecule has 114 valence electrons. The van der Waals surface area contributed by atoms with E-state index >= 15 is 0 Å². The number of carbonyl (C=O) groups excluding carboxylic acids is 1. The van der Waals surface area contributed by atoms with Gasteiger partial charge in [0.2, 0.25) is 0 Å². The molecule has 0 aliphatic carbocycles. The first kappa shape index (κ1) is 15.5. The van der Waals surface area contributed by atoms with E-state index in [4.69, 9.17) is 9.47 Å². The van der Waals surface area contributed by atoms with Gasteiger partial charge in [-0.3, -0.25) is 4.79 Å². The maximum absolute atomic E-state index is 13.4. The van der Waals surface area contributed by atoms with Gasteiger partial charge in [0.15, 0.2) is 0 Å². The van der Waals surface area contributed by atoms with E-state index in [9.17, 15) is 9.18 Å². The van der Waals surface area contributed by atoms with Gasteiger partial charge in [0.25, 0.3) is 5.91 Å². The molecule has 0 aromatic heterocycles. The monoisotopic (exact) mass is 302 g/mol. The molecule has 6 heteroatoms. The Hall–Kier alpha value is -2.89. The van der Waals surface area contributed by atoms with Crippen LogP contribution in [0.3, 0.4) is 0 Å². The highest BCUT2D eigenvalue weighted by molar-refractivity contribution is 5.95. The van der Waals surface area contributed by atoms with Crippen LogP contribution in [-0.2, 0) is 0 Å². The molecule has 0 bridgehead atoms. The third kappa shape index (κ3) is 3.82. The number of halogens is 1. The summed E-state index contributed by atoms with van der Waals surface area (Å²) in [5.74, 6) is -0.0232. The van der Waals surface area contributed by atoms with Gasteiger partial charge in [-0.2, -0.15) is 5.10 Å². The number of amides is 1. The molecule has 2 rings (SSSR count). The van der Waals surface area contributed by atoms with E-state index in [1.807, 2.05) is 0 Å². The summed E-state index contributed by atoms with van der Waals surface area (Å²) >= 11 is 0. The van der Waals surface area contributed by atoms with Crippen molar-refractivity contribution in [3.05, 3.63) is 59.4 Å². The third-order valence-electron chi connectivity index (χ3n) is 2.87. The van der Waals surface area contributed by atoms with Gasteiger partial charge in [0, 0.05) is 11.6 Å². The number of hydrogen-bond acceptors (Lipinski definition) is 4. The standard InChI is InChI=1S/C16H15FN2O3/c1-21-12-7-11(8-13(9-12)22-2)10-18-19-16(20)14-5-3-4-6-15(14)17/h3-10H,1-2H3,(H,19,20)/b18-10-. The maximum Gasteiger partial charge on any atom is 0.274 e.